The molecule has 4 unspecified atom stereocenters. The Balaban J connectivity index is 3.81. The Bertz CT molecular complexity index is 643. The van der Waals surface area contributed by atoms with Gasteiger partial charge in [0.05, 0.1) is 18.8 Å². The Hall–Kier alpha value is -0.950. The van der Waals surface area contributed by atoms with Gasteiger partial charge < -0.3 is 25.7 Å². The minimum absolute atomic E-state index is 0.357. The van der Waals surface area contributed by atoms with Crippen LogP contribution in [0.15, 0.2) is 12.2 Å². The van der Waals surface area contributed by atoms with Crippen molar-refractivity contribution in [3.63, 3.8) is 0 Å². The number of carbonyl (C=O) groups excluding carboxylic acids is 1. The summed E-state index contributed by atoms with van der Waals surface area (Å²) in [5, 5.41) is 43.5. The number of nitrogens with one attached hydrogen (secondary N) is 1. The minimum Gasteiger partial charge on any atom is -0.394 e. The van der Waals surface area contributed by atoms with Crippen molar-refractivity contribution >= 4 is 5.91 Å². The van der Waals surface area contributed by atoms with Gasteiger partial charge in [-0.15, -0.1) is 0 Å². The molecular weight excluding hydrogens is 562 g/mol. The lowest BCUT2D eigenvalue weighted by molar-refractivity contribution is -0.132. The number of amides is 1. The van der Waals surface area contributed by atoms with Gasteiger partial charge in [0.25, 0.3) is 0 Å². The number of aliphatic hydroxyl groups is 4. The van der Waals surface area contributed by atoms with Gasteiger partial charge in [-0.05, 0) is 38.5 Å². The Labute approximate surface area is 279 Å². The second-order valence-corrected chi connectivity index (χ2v) is 13.6. The topological polar surface area (TPSA) is 110 Å². The number of hydrogen-bond donors (Lipinski definition) is 5. The van der Waals surface area contributed by atoms with Gasteiger partial charge in [-0.1, -0.05) is 174 Å². The van der Waals surface area contributed by atoms with E-state index in [1.165, 1.54) is 122 Å². The lowest BCUT2D eigenvalue weighted by Gasteiger charge is -2.27. The van der Waals surface area contributed by atoms with Gasteiger partial charge in [-0.3, -0.25) is 4.79 Å². The molecule has 0 saturated carbocycles. The van der Waals surface area contributed by atoms with E-state index in [2.05, 4.69) is 31.3 Å². The fourth-order valence-electron chi connectivity index (χ4n) is 6.04. The van der Waals surface area contributed by atoms with Gasteiger partial charge in [-0.2, -0.15) is 0 Å². The maximum Gasteiger partial charge on any atom is 0.249 e. The van der Waals surface area contributed by atoms with Crippen molar-refractivity contribution in [1.29, 1.82) is 0 Å². The van der Waals surface area contributed by atoms with Crippen molar-refractivity contribution in [2.75, 3.05) is 6.61 Å². The minimum atomic E-state index is -1.26. The molecule has 0 spiro atoms. The zero-order valence-electron chi connectivity index (χ0n) is 29.9. The van der Waals surface area contributed by atoms with E-state index in [-0.39, 0.29) is 0 Å². The molecule has 0 aliphatic rings. The monoisotopic (exact) mass is 640 g/mol. The molecule has 0 heterocycles. The normalized spacial score (nSPS) is 14.5. The van der Waals surface area contributed by atoms with Gasteiger partial charge in [0, 0.05) is 0 Å². The first-order valence-corrected chi connectivity index (χ1v) is 19.6. The Kier molecular flexibility index (Phi) is 33.7. The number of carbonyl (C=O) groups is 1. The third kappa shape index (κ3) is 29.0. The van der Waals surface area contributed by atoms with Crippen LogP contribution in [0.5, 0.6) is 0 Å². The number of rotatable bonds is 35. The second kappa shape index (κ2) is 34.4. The van der Waals surface area contributed by atoms with Gasteiger partial charge in [0.1, 0.15) is 12.2 Å². The summed E-state index contributed by atoms with van der Waals surface area (Å²) in [6.07, 6.45) is 35.1. The molecule has 0 bridgehead atoms. The molecule has 0 aliphatic carbocycles. The lowest BCUT2D eigenvalue weighted by Crippen LogP contribution is -2.53. The second-order valence-electron chi connectivity index (χ2n) is 13.6. The molecule has 6 nitrogen and oxygen atoms in total. The predicted molar refractivity (Wildman–Crippen MR) is 191 cm³/mol. The maximum absolute atomic E-state index is 12.4. The van der Waals surface area contributed by atoms with Crippen LogP contribution in [0, 0.1) is 0 Å². The Morgan fingerprint density at radius 2 is 0.889 bits per heavy atom. The Morgan fingerprint density at radius 1 is 0.533 bits per heavy atom. The molecule has 0 aromatic rings. The molecule has 0 aromatic heterocycles. The number of aliphatic hydroxyl groups excluding tert-OH is 4. The van der Waals surface area contributed by atoms with E-state index in [1.807, 2.05) is 0 Å². The summed E-state index contributed by atoms with van der Waals surface area (Å²) in [6.45, 7) is 4.03. The highest BCUT2D eigenvalue weighted by atomic mass is 16.3. The summed E-state index contributed by atoms with van der Waals surface area (Å²) in [6, 6.07) is -0.985. The highest BCUT2D eigenvalue weighted by molar-refractivity contribution is 5.80. The fourth-order valence-corrected chi connectivity index (χ4v) is 6.04. The molecule has 45 heavy (non-hydrogen) atoms. The molecule has 1 amide bonds. The first-order chi connectivity index (χ1) is 22.0. The van der Waals surface area contributed by atoms with Crippen LogP contribution in [-0.4, -0.2) is 57.3 Å². The van der Waals surface area contributed by atoms with Crippen LogP contribution in [0.2, 0.25) is 0 Å². The maximum atomic E-state index is 12.4. The fraction of sp³-hybridized carbons (Fsp3) is 0.923. The Morgan fingerprint density at radius 3 is 1.29 bits per heavy atom. The van der Waals surface area contributed by atoms with Gasteiger partial charge in [0.2, 0.25) is 5.91 Å². The number of allylic oxidation sites excluding steroid dienone is 2. The summed E-state index contributed by atoms with van der Waals surface area (Å²) >= 11 is 0. The number of hydrogen-bond acceptors (Lipinski definition) is 5. The SMILES string of the molecule is CCCCCCCCC/C=C\CCCCCCC(O)C(=O)NC(CO)C(O)C(O)CCCCCCCCCCCCCCCC. The first kappa shape index (κ1) is 44.0. The van der Waals surface area contributed by atoms with Crippen LogP contribution in [0.25, 0.3) is 0 Å². The molecule has 6 heteroatoms. The first-order valence-electron chi connectivity index (χ1n) is 19.6. The van der Waals surface area contributed by atoms with Crippen LogP contribution in [0.1, 0.15) is 200 Å². The van der Waals surface area contributed by atoms with Gasteiger partial charge in [-0.25, -0.2) is 0 Å². The quantitative estimate of drug-likeness (QED) is 0.0350. The third-order valence-corrected chi connectivity index (χ3v) is 9.23. The molecular formula is C39H77NO5. The summed E-state index contributed by atoms with van der Waals surface area (Å²) in [5.41, 5.74) is 0. The highest BCUT2D eigenvalue weighted by Gasteiger charge is 2.28. The van der Waals surface area contributed by atoms with Crippen molar-refractivity contribution in [3.8, 4) is 0 Å². The zero-order valence-corrected chi connectivity index (χ0v) is 29.9. The van der Waals surface area contributed by atoms with Crippen molar-refractivity contribution in [1.82, 2.24) is 5.32 Å². The molecule has 5 N–H and O–H groups in total. The van der Waals surface area contributed by atoms with Crippen LogP contribution in [0.3, 0.4) is 0 Å². The highest BCUT2D eigenvalue weighted by Crippen LogP contribution is 2.16. The lowest BCUT2D eigenvalue weighted by atomic mass is 9.99. The van der Waals surface area contributed by atoms with Gasteiger partial charge >= 0.3 is 0 Å². The molecule has 268 valence electrons. The molecule has 0 fully saturated rings. The average Bonchev–Trinajstić information content (AvgIpc) is 3.04. The molecule has 0 saturated heterocycles. The average molecular weight is 640 g/mol. The summed E-state index contributed by atoms with van der Waals surface area (Å²) in [4.78, 5) is 12.4. The van der Waals surface area contributed by atoms with E-state index in [0.717, 1.165) is 51.4 Å². The predicted octanol–water partition coefficient (Wildman–Crippen LogP) is 9.46. The largest absolute Gasteiger partial charge is 0.394 e. The van der Waals surface area contributed by atoms with Crippen LogP contribution in [-0.2, 0) is 4.79 Å². The van der Waals surface area contributed by atoms with E-state index in [9.17, 15) is 25.2 Å². The van der Waals surface area contributed by atoms with Crippen LogP contribution in [0.4, 0.5) is 0 Å². The van der Waals surface area contributed by atoms with E-state index in [4.69, 9.17) is 0 Å². The van der Waals surface area contributed by atoms with E-state index in [1.54, 1.807) is 0 Å². The van der Waals surface area contributed by atoms with E-state index in [0.29, 0.717) is 12.8 Å². The van der Waals surface area contributed by atoms with E-state index < -0.39 is 36.9 Å². The molecule has 0 aliphatic heterocycles. The molecule has 0 radical (unpaired) electrons. The van der Waals surface area contributed by atoms with Crippen molar-refractivity contribution in [2.24, 2.45) is 0 Å². The molecule has 4 atom stereocenters. The van der Waals surface area contributed by atoms with Crippen LogP contribution < -0.4 is 5.32 Å². The van der Waals surface area contributed by atoms with Crippen molar-refractivity contribution in [3.05, 3.63) is 12.2 Å². The summed E-state index contributed by atoms with van der Waals surface area (Å²) in [5.74, 6) is -0.593. The van der Waals surface area contributed by atoms with E-state index >= 15 is 0 Å². The van der Waals surface area contributed by atoms with Crippen LogP contribution >= 0.6 is 0 Å². The van der Waals surface area contributed by atoms with Crippen molar-refractivity contribution in [2.45, 2.75) is 224 Å². The number of unbranched alkanes of at least 4 members (excludes halogenated alkanes) is 24. The standard InChI is InChI=1S/C39H77NO5/c1-3-5-7-9-11-13-15-17-19-21-23-25-27-29-31-33-37(43)39(45)40-35(34-41)38(44)36(42)32-30-28-26-24-22-20-18-16-14-12-10-8-6-4-2/h19,21,35-38,41-44H,3-18,20,22-34H2,1-2H3,(H,40,45)/b21-19-. The summed E-state index contributed by atoms with van der Waals surface area (Å²) < 4.78 is 0. The molecule has 0 rings (SSSR count). The van der Waals surface area contributed by atoms with Gasteiger partial charge in [0.15, 0.2) is 0 Å². The molecule has 0 aromatic carbocycles. The smallest absolute Gasteiger partial charge is 0.249 e. The summed E-state index contributed by atoms with van der Waals surface area (Å²) in [7, 11) is 0. The van der Waals surface area contributed by atoms with Crippen molar-refractivity contribution < 1.29 is 25.2 Å². The zero-order chi connectivity index (χ0) is 33.2. The third-order valence-electron chi connectivity index (χ3n) is 9.23.